The van der Waals surface area contributed by atoms with Crippen molar-refractivity contribution in [3.63, 3.8) is 0 Å². The number of hydrogen-bond donors (Lipinski definition) is 2. The number of ether oxygens (including phenoxy) is 1. The zero-order chi connectivity index (χ0) is 21.2. The van der Waals surface area contributed by atoms with Gasteiger partial charge in [0.25, 0.3) is 0 Å². The monoisotopic (exact) mass is 461 g/mol. The lowest BCUT2D eigenvalue weighted by Gasteiger charge is -2.37. The van der Waals surface area contributed by atoms with Gasteiger partial charge < -0.3 is 19.8 Å². The molecule has 0 radical (unpaired) electrons. The van der Waals surface area contributed by atoms with Crippen LogP contribution in [0.25, 0.3) is 0 Å². The number of halogens is 1. The molecule has 0 amide bonds. The highest BCUT2D eigenvalue weighted by Gasteiger charge is 2.30. The number of likely N-dealkylation sites (N-methyl/N-ethyl adjacent to an activating group) is 1. The first-order chi connectivity index (χ1) is 13.8. The summed E-state index contributed by atoms with van der Waals surface area (Å²) in [4.78, 5) is 21.5. The second kappa shape index (κ2) is 11.4. The van der Waals surface area contributed by atoms with Gasteiger partial charge >= 0.3 is 11.9 Å². The normalized spacial score (nSPS) is 19.2. The van der Waals surface area contributed by atoms with Gasteiger partial charge in [0.15, 0.2) is 0 Å². The Bertz CT molecular complexity index is 824. The minimum Gasteiger partial charge on any atom is -0.490 e. The second-order valence-corrected chi connectivity index (χ2v) is 7.61. The van der Waals surface area contributed by atoms with Crippen molar-refractivity contribution in [1.82, 2.24) is 4.90 Å². The number of carboxylic acid groups (broad SMARTS) is 2. The molecule has 3 rings (SSSR count). The van der Waals surface area contributed by atoms with E-state index in [1.165, 1.54) is 5.56 Å². The van der Waals surface area contributed by atoms with Crippen molar-refractivity contribution in [2.75, 3.05) is 20.1 Å². The number of carbonyl (C=O) groups is 2. The van der Waals surface area contributed by atoms with Crippen LogP contribution >= 0.6 is 15.9 Å². The van der Waals surface area contributed by atoms with E-state index in [0.29, 0.717) is 18.1 Å². The van der Waals surface area contributed by atoms with Gasteiger partial charge in [0, 0.05) is 35.6 Å². The van der Waals surface area contributed by atoms with Crippen LogP contribution in [0.3, 0.4) is 0 Å². The van der Waals surface area contributed by atoms with E-state index in [0.717, 1.165) is 29.7 Å². The van der Waals surface area contributed by atoms with Gasteiger partial charge in [0.2, 0.25) is 0 Å². The van der Waals surface area contributed by atoms with Crippen LogP contribution in [-0.2, 0) is 9.59 Å². The summed E-state index contributed by atoms with van der Waals surface area (Å²) in [5.74, 6) is -1.15. The Labute approximate surface area is 178 Å². The largest absolute Gasteiger partial charge is 0.490 e. The van der Waals surface area contributed by atoms with E-state index >= 15 is 0 Å². The molecule has 7 heteroatoms. The zero-order valence-electron chi connectivity index (χ0n) is 16.1. The van der Waals surface area contributed by atoms with Crippen molar-refractivity contribution in [1.29, 1.82) is 0 Å². The summed E-state index contributed by atoms with van der Waals surface area (Å²) in [5, 5.41) is 15.6. The molecule has 29 heavy (non-hydrogen) atoms. The average Bonchev–Trinajstić information content (AvgIpc) is 2.69. The topological polar surface area (TPSA) is 87.1 Å². The van der Waals surface area contributed by atoms with Crippen molar-refractivity contribution in [2.24, 2.45) is 0 Å². The van der Waals surface area contributed by atoms with Gasteiger partial charge in [-0.1, -0.05) is 52.3 Å². The summed E-state index contributed by atoms with van der Waals surface area (Å²) < 4.78 is 7.35. The molecule has 2 aromatic carbocycles. The third-order valence-corrected chi connectivity index (χ3v) is 4.93. The third kappa shape index (κ3) is 8.09. The van der Waals surface area contributed by atoms with Crippen LogP contribution in [-0.4, -0.2) is 53.3 Å². The Morgan fingerprint density at radius 2 is 1.72 bits per heavy atom. The molecular formula is C22H24BrNO5. The standard InChI is InChI=1S/C18H20BrNO.C4H4O4/c1-20-11-10-18(21-16-9-5-8-15(19)12-16)17(13-20)14-6-3-2-4-7-14;5-3(6)1-2-4(7)8/h2-9,12,17-18H,10-11,13H2,1H3;1-2H,(H,5,6)(H,7,8)/b;2-1+/t17-,18+;/m0./s1. The fourth-order valence-corrected chi connectivity index (χ4v) is 3.49. The lowest BCUT2D eigenvalue weighted by molar-refractivity contribution is -0.134. The predicted octanol–water partition coefficient (Wildman–Crippen LogP) is 4.03. The number of aliphatic carboxylic acids is 2. The summed E-state index contributed by atoms with van der Waals surface area (Å²) in [7, 11) is 2.19. The molecule has 1 fully saturated rings. The quantitative estimate of drug-likeness (QED) is 0.653. The number of piperidine rings is 1. The minimum absolute atomic E-state index is 0.234. The number of rotatable bonds is 5. The van der Waals surface area contributed by atoms with Gasteiger partial charge in [0.05, 0.1) is 0 Å². The van der Waals surface area contributed by atoms with Crippen LogP contribution in [0.4, 0.5) is 0 Å². The van der Waals surface area contributed by atoms with E-state index in [-0.39, 0.29) is 6.10 Å². The Hall–Kier alpha value is -2.64. The van der Waals surface area contributed by atoms with Crippen molar-refractivity contribution in [3.05, 3.63) is 76.8 Å². The van der Waals surface area contributed by atoms with Crippen LogP contribution in [0.1, 0.15) is 17.9 Å². The maximum atomic E-state index is 9.55. The first-order valence-corrected chi connectivity index (χ1v) is 9.94. The molecule has 154 valence electrons. The fraction of sp³-hybridized carbons (Fsp3) is 0.273. The number of nitrogens with zero attached hydrogens (tertiary/aromatic N) is 1. The number of hydrogen-bond acceptors (Lipinski definition) is 4. The smallest absolute Gasteiger partial charge is 0.328 e. The molecule has 0 bridgehead atoms. The number of benzene rings is 2. The van der Waals surface area contributed by atoms with Gasteiger partial charge in [-0.15, -0.1) is 0 Å². The van der Waals surface area contributed by atoms with Gasteiger partial charge in [-0.2, -0.15) is 0 Å². The average molecular weight is 462 g/mol. The van der Waals surface area contributed by atoms with E-state index in [1.54, 1.807) is 0 Å². The van der Waals surface area contributed by atoms with Crippen molar-refractivity contribution in [3.8, 4) is 5.75 Å². The Morgan fingerprint density at radius 1 is 1.07 bits per heavy atom. The molecule has 1 aliphatic heterocycles. The SMILES string of the molecule is CN1CC[C@@H](Oc2cccc(Br)c2)[C@H](c2ccccc2)C1.O=C(O)/C=C/C(=O)O. The molecule has 6 nitrogen and oxygen atoms in total. The van der Waals surface area contributed by atoms with E-state index in [9.17, 15) is 9.59 Å². The highest BCUT2D eigenvalue weighted by molar-refractivity contribution is 9.10. The predicted molar refractivity (Wildman–Crippen MR) is 114 cm³/mol. The zero-order valence-corrected chi connectivity index (χ0v) is 17.7. The molecule has 0 unspecified atom stereocenters. The second-order valence-electron chi connectivity index (χ2n) is 6.69. The van der Waals surface area contributed by atoms with Crippen molar-refractivity contribution in [2.45, 2.75) is 18.4 Å². The fourth-order valence-electron chi connectivity index (χ4n) is 3.11. The first-order valence-electron chi connectivity index (χ1n) is 9.15. The van der Waals surface area contributed by atoms with Crippen molar-refractivity contribution < 1.29 is 24.5 Å². The van der Waals surface area contributed by atoms with E-state index in [2.05, 4.69) is 58.2 Å². The van der Waals surface area contributed by atoms with E-state index in [1.807, 2.05) is 24.3 Å². The molecule has 1 aliphatic rings. The first kappa shape index (κ1) is 22.6. The minimum atomic E-state index is -1.26. The molecule has 0 aromatic heterocycles. The van der Waals surface area contributed by atoms with Gasteiger partial charge in [-0.25, -0.2) is 9.59 Å². The Balaban J connectivity index is 0.000000321. The lowest BCUT2D eigenvalue weighted by atomic mass is 9.88. The van der Waals surface area contributed by atoms with Crippen LogP contribution in [0.5, 0.6) is 5.75 Å². The molecule has 1 saturated heterocycles. The molecule has 0 saturated carbocycles. The molecule has 2 N–H and O–H groups in total. The molecule has 0 spiro atoms. The van der Waals surface area contributed by atoms with Crippen LogP contribution in [0, 0.1) is 0 Å². The highest BCUT2D eigenvalue weighted by Crippen LogP contribution is 2.31. The summed E-state index contributed by atoms with van der Waals surface area (Å²) in [6.45, 7) is 2.13. The molecule has 2 atom stereocenters. The summed E-state index contributed by atoms with van der Waals surface area (Å²) in [6, 6.07) is 18.8. The van der Waals surface area contributed by atoms with Gasteiger partial charge in [-0.3, -0.25) is 0 Å². The lowest BCUT2D eigenvalue weighted by Crippen LogP contribution is -2.42. The van der Waals surface area contributed by atoms with Crippen LogP contribution in [0.2, 0.25) is 0 Å². The number of carboxylic acids is 2. The Morgan fingerprint density at radius 3 is 2.31 bits per heavy atom. The third-order valence-electron chi connectivity index (χ3n) is 4.43. The van der Waals surface area contributed by atoms with Crippen LogP contribution in [0.15, 0.2) is 71.2 Å². The summed E-state index contributed by atoms with van der Waals surface area (Å²) in [6.07, 6.45) is 2.41. The van der Waals surface area contributed by atoms with Gasteiger partial charge in [-0.05, 0) is 37.2 Å². The van der Waals surface area contributed by atoms with E-state index < -0.39 is 11.9 Å². The molecule has 2 aromatic rings. The molecule has 1 heterocycles. The maximum Gasteiger partial charge on any atom is 0.328 e. The van der Waals surface area contributed by atoms with E-state index in [4.69, 9.17) is 14.9 Å². The van der Waals surface area contributed by atoms with Crippen molar-refractivity contribution >= 4 is 27.9 Å². The molecular weight excluding hydrogens is 438 g/mol. The molecule has 0 aliphatic carbocycles. The maximum absolute atomic E-state index is 9.55. The van der Waals surface area contributed by atoms with Crippen LogP contribution < -0.4 is 4.74 Å². The highest BCUT2D eigenvalue weighted by atomic mass is 79.9. The number of likely N-dealkylation sites (tertiary alicyclic amines) is 1. The van der Waals surface area contributed by atoms with Gasteiger partial charge in [0.1, 0.15) is 11.9 Å². The Kier molecular flexibility index (Phi) is 8.89. The summed E-state index contributed by atoms with van der Waals surface area (Å²) in [5.41, 5.74) is 1.36. The summed E-state index contributed by atoms with van der Waals surface area (Å²) >= 11 is 3.51.